The van der Waals surface area contributed by atoms with Gasteiger partial charge in [-0.2, -0.15) is 0 Å². The summed E-state index contributed by atoms with van der Waals surface area (Å²) in [4.78, 5) is 0. The van der Waals surface area contributed by atoms with Gasteiger partial charge in [0, 0.05) is 118 Å². The molecule has 0 atom stereocenters. The molecule has 0 aromatic rings. The van der Waals surface area contributed by atoms with Crippen LogP contribution in [-0.4, -0.2) is 45.1 Å². The Morgan fingerprint density at radius 2 is 1.00 bits per heavy atom. The van der Waals surface area contributed by atoms with Crippen LogP contribution in [0.4, 0.5) is 0 Å². The molecule has 0 N–H and O–H groups in total. The Morgan fingerprint density at radius 1 is 1.00 bits per heavy atom. The molecule has 0 bridgehead atoms. The molecular formula is BiCoCuLiNbNi. The van der Waals surface area contributed by atoms with Crippen LogP contribution in [0.15, 0.2) is 0 Å². The summed E-state index contributed by atoms with van der Waals surface area (Å²) >= 11 is 0. The van der Waals surface area contributed by atoms with Gasteiger partial charge in [0.15, 0.2) is 0 Å². The van der Waals surface area contributed by atoms with E-state index in [2.05, 4.69) is 0 Å². The average molecular weight is 490 g/mol. The van der Waals surface area contributed by atoms with Crippen LogP contribution in [0.5, 0.6) is 0 Å². The van der Waals surface area contributed by atoms with Crippen LogP contribution in [0.2, 0.25) is 0 Å². The van der Waals surface area contributed by atoms with Gasteiger partial charge in [-0.25, -0.2) is 0 Å². The largest absolute Gasteiger partial charge is 0 e. The second kappa shape index (κ2) is 37.4. The van der Waals surface area contributed by atoms with E-state index in [1.807, 2.05) is 0 Å². The molecule has 6 heteroatoms. The average Bonchev–Trinajstić information content (AvgIpc) is 0. The summed E-state index contributed by atoms with van der Waals surface area (Å²) in [5.74, 6) is 0. The molecule has 0 rings (SSSR count). The van der Waals surface area contributed by atoms with E-state index in [0.717, 1.165) is 0 Å². The number of rotatable bonds is 0. The minimum absolute atomic E-state index is 0. The summed E-state index contributed by atoms with van der Waals surface area (Å²) in [5, 5.41) is 0. The van der Waals surface area contributed by atoms with Crippen molar-refractivity contribution in [3.05, 3.63) is 0 Å². The topological polar surface area (TPSA) is 0 Å². The normalized spacial score (nSPS) is 0. The second-order valence-corrected chi connectivity index (χ2v) is 0. The van der Waals surface area contributed by atoms with E-state index in [9.17, 15) is 0 Å². The Kier molecular flexibility index (Phi) is 332. The molecule has 41 valence electrons. The van der Waals surface area contributed by atoms with Gasteiger partial charge in [-0.1, -0.05) is 0 Å². The smallest absolute Gasteiger partial charge is 0 e. The van der Waals surface area contributed by atoms with Crippen molar-refractivity contribution in [2.24, 2.45) is 0 Å². The monoisotopic (exact) mass is 489 g/mol. The third-order valence-corrected chi connectivity index (χ3v) is 0. The van der Waals surface area contributed by atoms with Crippen molar-refractivity contribution in [1.29, 1.82) is 0 Å². The third kappa shape index (κ3) is 25.1. The van der Waals surface area contributed by atoms with Gasteiger partial charge in [-0.3, -0.25) is 0 Å². The molecule has 0 unspecified atom stereocenters. The van der Waals surface area contributed by atoms with Crippen LogP contribution in [0, 0.1) is 0 Å². The second-order valence-electron chi connectivity index (χ2n) is 0. The maximum atomic E-state index is 0. The molecule has 0 aliphatic heterocycles. The predicted octanol–water partition coefficient (Wildman–Crippen LogP) is -0.772. The molecule has 6 heavy (non-hydrogen) atoms. The SMILES string of the molecule is [Bi].[Co].[Cu].[Li].[Nb].[Ni]. The maximum Gasteiger partial charge on any atom is 0 e. The van der Waals surface area contributed by atoms with Crippen molar-refractivity contribution in [2.45, 2.75) is 0 Å². The Labute approximate surface area is 116 Å². The van der Waals surface area contributed by atoms with Gasteiger partial charge in [0.25, 0.3) is 0 Å². The van der Waals surface area contributed by atoms with Crippen molar-refractivity contribution in [3.63, 3.8) is 0 Å². The van der Waals surface area contributed by atoms with Crippen LogP contribution in [0.1, 0.15) is 0 Å². The van der Waals surface area contributed by atoms with Crippen LogP contribution in [0.3, 0.4) is 0 Å². The first-order valence-corrected chi connectivity index (χ1v) is 0. The fourth-order valence-corrected chi connectivity index (χ4v) is 0. The zero-order valence-electron chi connectivity index (χ0n) is 2.85. The number of hydrogen-bond acceptors (Lipinski definition) is 0. The van der Waals surface area contributed by atoms with Crippen LogP contribution < -0.4 is 0 Å². The van der Waals surface area contributed by atoms with Crippen LogP contribution in [0.25, 0.3) is 0 Å². The van der Waals surface area contributed by atoms with Gasteiger partial charge in [-0.15, -0.1) is 0 Å². The van der Waals surface area contributed by atoms with Crippen molar-refractivity contribution in [3.8, 4) is 0 Å². The van der Waals surface area contributed by atoms with Gasteiger partial charge in [0.05, 0.1) is 0 Å². The Balaban J connectivity index is 0. The molecule has 0 saturated heterocycles. The van der Waals surface area contributed by atoms with Gasteiger partial charge >= 0.3 is 0 Å². The first-order valence-electron chi connectivity index (χ1n) is 0. The van der Waals surface area contributed by atoms with Crippen molar-refractivity contribution < 1.29 is 72.7 Å². The number of hydrogen-bond donors (Lipinski definition) is 0. The molecule has 0 spiro atoms. The minimum atomic E-state index is 0. The van der Waals surface area contributed by atoms with Crippen molar-refractivity contribution >= 4 is 45.1 Å². The zero-order valence-corrected chi connectivity index (χ0v) is 11.5. The molecule has 0 aromatic heterocycles. The molecular weight excluding hydrogens is 490 g/mol. The molecule has 0 fully saturated rings. The van der Waals surface area contributed by atoms with E-state index >= 15 is 0 Å². The summed E-state index contributed by atoms with van der Waals surface area (Å²) in [6.45, 7) is 0. The van der Waals surface area contributed by atoms with E-state index in [0.29, 0.717) is 0 Å². The van der Waals surface area contributed by atoms with Gasteiger partial charge in [0.2, 0.25) is 0 Å². The van der Waals surface area contributed by atoms with E-state index in [1.165, 1.54) is 0 Å². The molecule has 0 nitrogen and oxygen atoms in total. The quantitative estimate of drug-likeness (QED) is 0.392. The van der Waals surface area contributed by atoms with Crippen LogP contribution in [-0.2, 0) is 72.7 Å². The summed E-state index contributed by atoms with van der Waals surface area (Å²) in [7, 11) is 0. The van der Waals surface area contributed by atoms with E-state index in [1.54, 1.807) is 0 Å². The Bertz CT molecular complexity index is 15.5. The zero-order chi connectivity index (χ0) is 0. The van der Waals surface area contributed by atoms with Crippen LogP contribution >= 0.6 is 0 Å². The van der Waals surface area contributed by atoms with E-state index in [4.69, 9.17) is 0 Å². The predicted molar refractivity (Wildman–Crippen MR) is 11.5 cm³/mol. The third-order valence-electron chi connectivity index (χ3n) is 0. The van der Waals surface area contributed by atoms with E-state index < -0.39 is 0 Å². The standard InChI is InChI=1S/Bi.Co.Cu.Li.Nb.Ni. The molecule has 0 aromatic carbocycles. The molecule has 0 aliphatic rings. The molecule has 0 aliphatic carbocycles. The van der Waals surface area contributed by atoms with Gasteiger partial charge in [0.1, 0.15) is 0 Å². The Hall–Kier alpha value is 3.74. The molecule has 0 amide bonds. The van der Waals surface area contributed by atoms with Crippen molar-refractivity contribution in [2.75, 3.05) is 0 Å². The van der Waals surface area contributed by atoms with E-state index in [-0.39, 0.29) is 118 Å². The molecule has 0 heterocycles. The summed E-state index contributed by atoms with van der Waals surface area (Å²) in [5.41, 5.74) is 0. The summed E-state index contributed by atoms with van der Waals surface area (Å²) in [6, 6.07) is 0. The van der Waals surface area contributed by atoms with Gasteiger partial charge in [-0.05, 0) is 0 Å². The van der Waals surface area contributed by atoms with Gasteiger partial charge < -0.3 is 0 Å². The Morgan fingerprint density at radius 3 is 1.00 bits per heavy atom. The fourth-order valence-electron chi connectivity index (χ4n) is 0. The molecule has 7 radical (unpaired) electrons. The first-order chi connectivity index (χ1) is 0. The summed E-state index contributed by atoms with van der Waals surface area (Å²) in [6.07, 6.45) is 0. The minimum Gasteiger partial charge on any atom is 0 e. The van der Waals surface area contributed by atoms with Crippen molar-refractivity contribution in [1.82, 2.24) is 0 Å². The molecule has 0 saturated carbocycles. The maximum absolute atomic E-state index is 0. The first kappa shape index (κ1) is 53.2. The fraction of sp³-hybridized carbons (Fsp3) is 0. The summed E-state index contributed by atoms with van der Waals surface area (Å²) < 4.78 is 0.